The van der Waals surface area contributed by atoms with Crippen molar-refractivity contribution >= 4 is 17.1 Å². The van der Waals surface area contributed by atoms with E-state index in [4.69, 9.17) is 26.7 Å². The molecule has 0 aromatic heterocycles. The fourth-order valence-corrected chi connectivity index (χ4v) is 2.67. The van der Waals surface area contributed by atoms with Gasteiger partial charge in [-0.2, -0.15) is 0 Å². The van der Waals surface area contributed by atoms with Gasteiger partial charge in [0, 0.05) is 11.3 Å². The number of nitrogen functional groups attached to an aromatic ring is 3. The minimum Gasteiger partial charge on any atom is -0.495 e. The van der Waals surface area contributed by atoms with E-state index in [1.54, 1.807) is 20.3 Å². The molecule has 0 aliphatic rings. The van der Waals surface area contributed by atoms with Crippen LogP contribution in [0.2, 0.25) is 0 Å². The van der Waals surface area contributed by atoms with Crippen molar-refractivity contribution in [2.75, 3.05) is 31.4 Å². The number of hydrogen-bond donors (Lipinski definition) is 4. The highest BCUT2D eigenvalue weighted by Crippen LogP contribution is 2.24. The molecule has 6 heteroatoms. The van der Waals surface area contributed by atoms with Gasteiger partial charge in [0.1, 0.15) is 11.5 Å². The molecule has 0 amide bonds. The minimum absolute atomic E-state index is 0.0509. The second-order valence-corrected chi connectivity index (χ2v) is 6.19. The third kappa shape index (κ3) is 5.56. The second kappa shape index (κ2) is 10.1. The average Bonchev–Trinajstić information content (AvgIpc) is 2.71. The van der Waals surface area contributed by atoms with Crippen LogP contribution in [0.25, 0.3) is 0 Å². The van der Waals surface area contributed by atoms with Crippen molar-refractivity contribution in [3.8, 4) is 11.5 Å². The first-order valence-electron chi connectivity index (χ1n) is 8.77. The van der Waals surface area contributed by atoms with E-state index in [9.17, 15) is 5.11 Å². The summed E-state index contributed by atoms with van der Waals surface area (Å²) < 4.78 is 10.1. The van der Waals surface area contributed by atoms with Crippen LogP contribution in [0.3, 0.4) is 0 Å². The molecule has 0 saturated carbocycles. The molecule has 0 unspecified atom stereocenters. The van der Waals surface area contributed by atoms with Gasteiger partial charge in [-0.05, 0) is 47.9 Å². The highest BCUT2D eigenvalue weighted by Gasteiger charge is 2.04. The van der Waals surface area contributed by atoms with Crippen molar-refractivity contribution < 1.29 is 14.6 Å². The number of aliphatic hydroxyl groups is 1. The molecule has 0 spiro atoms. The first-order valence-corrected chi connectivity index (χ1v) is 8.77. The number of methoxy groups -OCH3 is 2. The highest BCUT2D eigenvalue weighted by molar-refractivity contribution is 5.55. The van der Waals surface area contributed by atoms with Gasteiger partial charge >= 0.3 is 0 Å². The van der Waals surface area contributed by atoms with Gasteiger partial charge in [0.2, 0.25) is 0 Å². The van der Waals surface area contributed by atoms with Gasteiger partial charge in [-0.25, -0.2) is 0 Å². The molecule has 0 saturated heterocycles. The Morgan fingerprint density at radius 1 is 0.714 bits per heavy atom. The first kappa shape index (κ1) is 20.9. The van der Waals surface area contributed by atoms with Crippen LogP contribution < -0.4 is 26.7 Å². The maximum Gasteiger partial charge on any atom is 0.142 e. The van der Waals surface area contributed by atoms with Crippen LogP contribution in [0.15, 0.2) is 60.7 Å². The minimum atomic E-state index is -0.0509. The largest absolute Gasteiger partial charge is 0.495 e. The summed E-state index contributed by atoms with van der Waals surface area (Å²) in [5, 5.41) is 9.21. The number of rotatable bonds is 5. The van der Waals surface area contributed by atoms with Gasteiger partial charge < -0.3 is 31.8 Å². The lowest BCUT2D eigenvalue weighted by atomic mass is 10.0. The zero-order chi connectivity index (χ0) is 20.5. The van der Waals surface area contributed by atoms with Gasteiger partial charge in [-0.1, -0.05) is 30.3 Å². The summed E-state index contributed by atoms with van der Waals surface area (Å²) in [6.07, 6.45) is 0.740. The summed E-state index contributed by atoms with van der Waals surface area (Å²) in [4.78, 5) is 0. The maximum atomic E-state index is 9.21. The normalized spacial score (nSPS) is 9.96. The number of ether oxygens (including phenoxy) is 2. The quantitative estimate of drug-likeness (QED) is 0.504. The Kier molecular flexibility index (Phi) is 7.54. The van der Waals surface area contributed by atoms with Crippen LogP contribution in [0.5, 0.6) is 11.5 Å². The average molecular weight is 381 g/mol. The molecule has 6 nitrogen and oxygen atoms in total. The van der Waals surface area contributed by atoms with E-state index in [0.717, 1.165) is 28.9 Å². The second-order valence-electron chi connectivity index (χ2n) is 6.19. The molecule has 0 radical (unpaired) electrons. The third-order valence-corrected chi connectivity index (χ3v) is 4.22. The van der Waals surface area contributed by atoms with Gasteiger partial charge in [-0.15, -0.1) is 0 Å². The van der Waals surface area contributed by atoms with Crippen molar-refractivity contribution in [1.29, 1.82) is 0 Å². The Bertz CT molecular complexity index is 862. The van der Waals surface area contributed by atoms with Crippen molar-refractivity contribution in [3.05, 3.63) is 77.4 Å². The van der Waals surface area contributed by atoms with Crippen molar-refractivity contribution in [3.63, 3.8) is 0 Å². The van der Waals surface area contributed by atoms with Crippen molar-refractivity contribution in [1.82, 2.24) is 0 Å². The summed E-state index contributed by atoms with van der Waals surface area (Å²) in [6, 6.07) is 18.8. The Morgan fingerprint density at radius 2 is 1.29 bits per heavy atom. The van der Waals surface area contributed by atoms with E-state index in [-0.39, 0.29) is 6.61 Å². The zero-order valence-electron chi connectivity index (χ0n) is 16.2. The summed E-state index contributed by atoms with van der Waals surface area (Å²) in [7, 11) is 3.20. The van der Waals surface area contributed by atoms with E-state index in [1.807, 2.05) is 54.6 Å². The smallest absolute Gasteiger partial charge is 0.142 e. The maximum absolute atomic E-state index is 9.21. The Balaban J connectivity index is 0.000000261. The topological polar surface area (TPSA) is 117 Å². The van der Waals surface area contributed by atoms with Crippen molar-refractivity contribution in [2.24, 2.45) is 0 Å². The van der Waals surface area contributed by atoms with Crippen LogP contribution >= 0.6 is 0 Å². The van der Waals surface area contributed by atoms with Crippen LogP contribution in [-0.4, -0.2) is 19.3 Å². The molecule has 0 atom stereocenters. The number of anilines is 3. The number of hydrogen-bond acceptors (Lipinski definition) is 6. The Morgan fingerprint density at radius 3 is 1.86 bits per heavy atom. The van der Waals surface area contributed by atoms with Crippen LogP contribution in [0.1, 0.15) is 16.7 Å². The monoisotopic (exact) mass is 381 g/mol. The Hall–Kier alpha value is -3.38. The third-order valence-electron chi connectivity index (χ3n) is 4.22. The molecular formula is C22H27N3O3. The van der Waals surface area contributed by atoms with Gasteiger partial charge in [-0.3, -0.25) is 0 Å². The molecule has 0 heterocycles. The number of aliphatic hydroxyl groups excluding tert-OH is 1. The molecule has 7 N–H and O–H groups in total. The predicted molar refractivity (Wildman–Crippen MR) is 114 cm³/mol. The predicted octanol–water partition coefficient (Wildman–Crippen LogP) is 3.22. The molecule has 3 aromatic carbocycles. The van der Waals surface area contributed by atoms with E-state index in [0.29, 0.717) is 22.8 Å². The van der Waals surface area contributed by atoms with E-state index >= 15 is 0 Å². The molecule has 3 aromatic rings. The van der Waals surface area contributed by atoms with Crippen LogP contribution in [0, 0.1) is 0 Å². The fourth-order valence-electron chi connectivity index (χ4n) is 2.67. The Labute approximate surface area is 165 Å². The lowest BCUT2D eigenvalue weighted by Crippen LogP contribution is -1.98. The summed E-state index contributed by atoms with van der Waals surface area (Å²) in [6.45, 7) is -0.0509. The highest BCUT2D eigenvalue weighted by atomic mass is 16.5. The molecule has 0 aliphatic carbocycles. The molecule has 148 valence electrons. The molecule has 3 rings (SSSR count). The van der Waals surface area contributed by atoms with E-state index in [2.05, 4.69) is 0 Å². The van der Waals surface area contributed by atoms with Gasteiger partial charge in [0.05, 0.1) is 32.2 Å². The number of benzene rings is 3. The lowest BCUT2D eigenvalue weighted by Gasteiger charge is -2.09. The molecule has 28 heavy (non-hydrogen) atoms. The summed E-state index contributed by atoms with van der Waals surface area (Å²) >= 11 is 0. The first-order chi connectivity index (χ1) is 13.5. The lowest BCUT2D eigenvalue weighted by molar-refractivity contribution is 0.282. The van der Waals surface area contributed by atoms with Crippen LogP contribution in [0.4, 0.5) is 17.1 Å². The molecular weight excluding hydrogens is 354 g/mol. The molecule has 0 fully saturated rings. The van der Waals surface area contributed by atoms with Gasteiger partial charge in [0.25, 0.3) is 0 Å². The number of para-hydroxylation sites is 2. The standard InChI is InChI=1S/C15H18N2O2.C7H9NO/c1-19-15-8-11(3-5-14(15)17)6-10-2-4-13(16)12(7-10)9-18;1-9-7-5-3-2-4-6(7)8/h2-5,7-8,18H,6,9,16-17H2,1H3;2-5H,8H2,1H3. The van der Waals surface area contributed by atoms with Crippen LogP contribution in [-0.2, 0) is 13.0 Å². The van der Waals surface area contributed by atoms with Gasteiger partial charge in [0.15, 0.2) is 0 Å². The summed E-state index contributed by atoms with van der Waals surface area (Å²) in [5.41, 5.74) is 21.9. The van der Waals surface area contributed by atoms with E-state index < -0.39 is 0 Å². The van der Waals surface area contributed by atoms with E-state index in [1.165, 1.54) is 0 Å². The zero-order valence-corrected chi connectivity index (χ0v) is 16.2. The summed E-state index contributed by atoms with van der Waals surface area (Å²) in [5.74, 6) is 1.41. The van der Waals surface area contributed by atoms with Crippen molar-refractivity contribution in [2.45, 2.75) is 13.0 Å². The molecule has 0 bridgehead atoms. The fraction of sp³-hybridized carbons (Fsp3) is 0.182. The molecule has 0 aliphatic heterocycles. The number of nitrogens with two attached hydrogens (primary N) is 3. The SMILES string of the molecule is COc1cc(Cc2ccc(N)c(CO)c2)ccc1N.COc1ccccc1N.